The highest BCUT2D eigenvalue weighted by molar-refractivity contribution is 8.00. The van der Waals surface area contributed by atoms with Gasteiger partial charge in [0.15, 0.2) is 0 Å². The van der Waals surface area contributed by atoms with Gasteiger partial charge >= 0.3 is 6.18 Å². The van der Waals surface area contributed by atoms with Gasteiger partial charge in [-0.15, -0.1) is 11.8 Å². The van der Waals surface area contributed by atoms with Gasteiger partial charge in [0.2, 0.25) is 5.91 Å². The van der Waals surface area contributed by atoms with Crippen LogP contribution in [-0.4, -0.2) is 11.2 Å². The molecule has 2 rings (SSSR count). The number of para-hydroxylation sites is 1. The Kier molecular flexibility index (Phi) is 6.06. The lowest BCUT2D eigenvalue weighted by atomic mass is 10.1. The Balaban J connectivity index is 2.14. The minimum atomic E-state index is -4.55. The first-order valence-electron chi connectivity index (χ1n) is 6.77. The molecule has 0 saturated heterocycles. The number of halogens is 5. The van der Waals surface area contributed by atoms with Gasteiger partial charge in [-0.05, 0) is 37.3 Å². The van der Waals surface area contributed by atoms with Crippen molar-refractivity contribution in [3.05, 3.63) is 58.1 Å². The van der Waals surface area contributed by atoms with Gasteiger partial charge in [-0.3, -0.25) is 4.79 Å². The molecular weight excluding hydrogens is 382 g/mol. The molecule has 2 aromatic rings. The fourth-order valence-corrected chi connectivity index (χ4v) is 3.30. The van der Waals surface area contributed by atoms with Crippen LogP contribution in [-0.2, 0) is 11.0 Å². The van der Waals surface area contributed by atoms with Crippen LogP contribution in [0, 0.1) is 0 Å². The van der Waals surface area contributed by atoms with E-state index in [0.717, 1.165) is 17.8 Å². The maximum Gasteiger partial charge on any atom is 0.418 e. The number of carbonyl (C=O) groups is 1. The van der Waals surface area contributed by atoms with E-state index in [1.165, 1.54) is 18.2 Å². The fraction of sp³-hybridized carbons (Fsp3) is 0.188. The third-order valence-corrected chi connectivity index (χ3v) is 4.89. The molecule has 0 radical (unpaired) electrons. The average molecular weight is 394 g/mol. The van der Waals surface area contributed by atoms with E-state index in [-0.39, 0.29) is 5.69 Å². The van der Waals surface area contributed by atoms with E-state index in [1.54, 1.807) is 25.1 Å². The van der Waals surface area contributed by atoms with E-state index in [2.05, 4.69) is 5.32 Å². The second-order valence-corrected chi connectivity index (χ2v) is 7.09. The summed E-state index contributed by atoms with van der Waals surface area (Å²) in [6, 6.07) is 9.63. The summed E-state index contributed by atoms with van der Waals surface area (Å²) in [6.45, 7) is 1.58. The predicted molar refractivity (Wildman–Crippen MR) is 91.9 cm³/mol. The number of carbonyl (C=O) groups excluding carboxylic acids is 1. The lowest BCUT2D eigenvalue weighted by molar-refractivity contribution is -0.137. The number of hydrogen-bond donors (Lipinski definition) is 1. The van der Waals surface area contributed by atoms with Crippen LogP contribution in [0.1, 0.15) is 12.5 Å². The van der Waals surface area contributed by atoms with Crippen LogP contribution >= 0.6 is 35.0 Å². The van der Waals surface area contributed by atoms with E-state index in [0.29, 0.717) is 14.9 Å². The standard InChI is InChI=1S/C16H12Cl2F3NOS/c1-9(24-14-8-10(17)6-7-12(14)18)15(23)22-13-5-3-2-4-11(13)16(19,20)21/h2-9H,1H3,(H,22,23). The molecule has 2 nitrogen and oxygen atoms in total. The average Bonchev–Trinajstić information content (AvgIpc) is 2.50. The third-order valence-electron chi connectivity index (χ3n) is 3.06. The van der Waals surface area contributed by atoms with Crippen molar-refractivity contribution in [1.82, 2.24) is 0 Å². The van der Waals surface area contributed by atoms with Crippen LogP contribution in [0.3, 0.4) is 0 Å². The van der Waals surface area contributed by atoms with Crippen molar-refractivity contribution < 1.29 is 18.0 Å². The zero-order valence-electron chi connectivity index (χ0n) is 12.3. The highest BCUT2D eigenvalue weighted by Crippen LogP contribution is 2.36. The summed E-state index contributed by atoms with van der Waals surface area (Å²) in [6.07, 6.45) is -4.55. The Morgan fingerprint density at radius 2 is 1.83 bits per heavy atom. The van der Waals surface area contributed by atoms with E-state index in [1.807, 2.05) is 0 Å². The normalized spacial score (nSPS) is 12.8. The third kappa shape index (κ3) is 4.82. The van der Waals surface area contributed by atoms with Gasteiger partial charge in [-0.2, -0.15) is 13.2 Å². The zero-order valence-corrected chi connectivity index (χ0v) is 14.7. The number of benzene rings is 2. The maximum absolute atomic E-state index is 13.0. The largest absolute Gasteiger partial charge is 0.418 e. The number of hydrogen-bond acceptors (Lipinski definition) is 2. The molecule has 2 aromatic carbocycles. The summed E-state index contributed by atoms with van der Waals surface area (Å²) in [5.74, 6) is -0.562. The predicted octanol–water partition coefficient (Wildman–Crippen LogP) is 6.13. The number of amides is 1. The molecule has 0 heterocycles. The van der Waals surface area contributed by atoms with Crippen LogP contribution in [0.2, 0.25) is 10.0 Å². The van der Waals surface area contributed by atoms with Gasteiger partial charge in [-0.1, -0.05) is 35.3 Å². The molecular formula is C16H12Cl2F3NOS. The van der Waals surface area contributed by atoms with Crippen molar-refractivity contribution in [1.29, 1.82) is 0 Å². The molecule has 0 saturated carbocycles. The molecule has 0 aromatic heterocycles. The smallest absolute Gasteiger partial charge is 0.325 e. The van der Waals surface area contributed by atoms with Gasteiger partial charge in [0.05, 0.1) is 21.5 Å². The Bertz CT molecular complexity index is 752. The van der Waals surface area contributed by atoms with Crippen molar-refractivity contribution >= 4 is 46.6 Å². The SMILES string of the molecule is CC(Sc1cc(Cl)ccc1Cl)C(=O)Nc1ccccc1C(F)(F)F. The molecule has 24 heavy (non-hydrogen) atoms. The summed E-state index contributed by atoms with van der Waals surface area (Å²) in [5.41, 5.74) is -1.17. The summed E-state index contributed by atoms with van der Waals surface area (Å²) in [7, 11) is 0. The molecule has 0 aliphatic rings. The summed E-state index contributed by atoms with van der Waals surface area (Å²) >= 11 is 13.0. The topological polar surface area (TPSA) is 29.1 Å². The second kappa shape index (κ2) is 7.68. The summed E-state index contributed by atoms with van der Waals surface area (Å²) in [4.78, 5) is 12.8. The van der Waals surface area contributed by atoms with Crippen LogP contribution < -0.4 is 5.32 Å². The van der Waals surface area contributed by atoms with Gasteiger partial charge in [0.1, 0.15) is 0 Å². The minimum absolute atomic E-state index is 0.278. The Morgan fingerprint density at radius 3 is 2.50 bits per heavy atom. The van der Waals surface area contributed by atoms with Crippen LogP contribution in [0.15, 0.2) is 47.4 Å². The van der Waals surface area contributed by atoms with Gasteiger partial charge in [-0.25, -0.2) is 0 Å². The van der Waals surface area contributed by atoms with Crippen LogP contribution in [0.4, 0.5) is 18.9 Å². The van der Waals surface area contributed by atoms with Gasteiger partial charge in [0, 0.05) is 9.92 Å². The molecule has 0 fully saturated rings. The van der Waals surface area contributed by atoms with Gasteiger partial charge < -0.3 is 5.32 Å². The van der Waals surface area contributed by atoms with E-state index < -0.39 is 22.9 Å². The van der Waals surface area contributed by atoms with Gasteiger partial charge in [0.25, 0.3) is 0 Å². The lowest BCUT2D eigenvalue weighted by Crippen LogP contribution is -2.24. The van der Waals surface area contributed by atoms with Crippen molar-refractivity contribution in [2.45, 2.75) is 23.2 Å². The van der Waals surface area contributed by atoms with E-state index in [9.17, 15) is 18.0 Å². The summed E-state index contributed by atoms with van der Waals surface area (Å²) < 4.78 is 38.9. The zero-order chi connectivity index (χ0) is 17.9. The Morgan fingerprint density at radius 1 is 1.17 bits per heavy atom. The molecule has 1 amide bonds. The monoisotopic (exact) mass is 393 g/mol. The molecule has 0 aliphatic carbocycles. The maximum atomic E-state index is 13.0. The number of anilines is 1. The first-order chi connectivity index (χ1) is 11.2. The Labute approximate surface area is 151 Å². The molecule has 0 aliphatic heterocycles. The first kappa shape index (κ1) is 19.0. The Hall–Kier alpha value is -1.37. The van der Waals surface area contributed by atoms with E-state index >= 15 is 0 Å². The highest BCUT2D eigenvalue weighted by Gasteiger charge is 2.33. The molecule has 8 heteroatoms. The molecule has 1 unspecified atom stereocenters. The van der Waals surface area contributed by atoms with Crippen LogP contribution in [0.25, 0.3) is 0 Å². The number of alkyl halides is 3. The van der Waals surface area contributed by atoms with Crippen LogP contribution in [0.5, 0.6) is 0 Å². The highest BCUT2D eigenvalue weighted by atomic mass is 35.5. The minimum Gasteiger partial charge on any atom is -0.325 e. The van der Waals surface area contributed by atoms with Crippen molar-refractivity contribution in [2.24, 2.45) is 0 Å². The first-order valence-corrected chi connectivity index (χ1v) is 8.41. The molecule has 0 bridgehead atoms. The summed E-state index contributed by atoms with van der Waals surface area (Å²) in [5, 5.41) is 2.52. The number of nitrogens with one attached hydrogen (secondary N) is 1. The number of rotatable bonds is 4. The quantitative estimate of drug-likeness (QED) is 0.632. The lowest BCUT2D eigenvalue weighted by Gasteiger charge is -2.16. The molecule has 128 valence electrons. The van der Waals surface area contributed by atoms with Crippen molar-refractivity contribution in [3.8, 4) is 0 Å². The van der Waals surface area contributed by atoms with Crippen molar-refractivity contribution in [2.75, 3.05) is 5.32 Å². The second-order valence-electron chi connectivity index (χ2n) is 4.87. The number of thioether (sulfide) groups is 1. The fourth-order valence-electron chi connectivity index (χ4n) is 1.89. The molecule has 0 spiro atoms. The molecule has 1 atom stereocenters. The van der Waals surface area contributed by atoms with E-state index in [4.69, 9.17) is 23.2 Å². The molecule has 1 N–H and O–H groups in total. The van der Waals surface area contributed by atoms with Crippen molar-refractivity contribution in [3.63, 3.8) is 0 Å².